The summed E-state index contributed by atoms with van der Waals surface area (Å²) in [4.78, 5) is 18.6. The molecule has 1 fully saturated rings. The molecule has 7 heteroatoms. The fourth-order valence-electron chi connectivity index (χ4n) is 4.69. The third kappa shape index (κ3) is 5.13. The molecular weight excluding hydrogens is 414 g/mol. The van der Waals surface area contributed by atoms with Gasteiger partial charge in [-0.05, 0) is 54.7 Å². The Morgan fingerprint density at radius 2 is 1.91 bits per heavy atom. The maximum atomic E-state index is 12.2. The zero-order valence-electron chi connectivity index (χ0n) is 18.7. The quantitative estimate of drug-likeness (QED) is 0.631. The lowest BCUT2D eigenvalue weighted by Crippen LogP contribution is -2.50. The summed E-state index contributed by atoms with van der Waals surface area (Å²) in [5.74, 6) is 1.86. The Morgan fingerprint density at radius 3 is 2.70 bits per heavy atom. The summed E-state index contributed by atoms with van der Waals surface area (Å²) in [6.45, 7) is 2.37. The van der Waals surface area contributed by atoms with Crippen LogP contribution in [0.15, 0.2) is 60.9 Å². The predicted molar refractivity (Wildman–Crippen MR) is 126 cm³/mol. The highest BCUT2D eigenvalue weighted by molar-refractivity contribution is 5.78. The molecule has 1 N–H and O–H groups in total. The number of nitrogens with zero attached hydrogens (tertiary/aromatic N) is 4. The van der Waals surface area contributed by atoms with Crippen LogP contribution in [-0.2, 0) is 24.1 Å². The molecule has 0 unspecified atom stereocenters. The van der Waals surface area contributed by atoms with Crippen molar-refractivity contribution in [3.8, 4) is 5.75 Å². The van der Waals surface area contributed by atoms with Crippen LogP contribution < -0.4 is 15.0 Å². The van der Waals surface area contributed by atoms with Crippen LogP contribution in [0.25, 0.3) is 0 Å². The fourth-order valence-corrected chi connectivity index (χ4v) is 4.69. The van der Waals surface area contributed by atoms with E-state index in [0.717, 1.165) is 62.3 Å². The molecule has 1 aromatic carbocycles. The standard InChI is InChI=1S/C26H29N5O2/c32-25(28-15-10-20-4-3-14-27-19-20)18-22-7-8-24(30-29-22)31-16-12-26(13-17-31)11-9-21-5-1-2-6-23(21)33-26/h1-8,14,19H,9-13,15-18H2,(H,28,32). The van der Waals surface area contributed by atoms with Crippen LogP contribution in [0, 0.1) is 0 Å². The number of piperidine rings is 1. The number of ether oxygens (including phenoxy) is 1. The number of para-hydroxylation sites is 1. The average Bonchev–Trinajstić information content (AvgIpc) is 2.86. The van der Waals surface area contributed by atoms with Crippen molar-refractivity contribution in [2.24, 2.45) is 0 Å². The Bertz CT molecular complexity index is 1080. The SMILES string of the molecule is O=C(Cc1ccc(N2CCC3(CCc4ccccc4O3)CC2)nn1)NCCc1cccnc1. The Hall–Kier alpha value is -3.48. The van der Waals surface area contributed by atoms with E-state index in [1.54, 1.807) is 6.20 Å². The second-order valence-electron chi connectivity index (χ2n) is 8.90. The maximum Gasteiger partial charge on any atom is 0.226 e. The number of benzene rings is 1. The van der Waals surface area contributed by atoms with Crippen molar-refractivity contribution in [3.63, 3.8) is 0 Å². The minimum Gasteiger partial charge on any atom is -0.487 e. The lowest BCUT2D eigenvalue weighted by molar-refractivity contribution is -0.120. The molecule has 7 nitrogen and oxygen atoms in total. The van der Waals surface area contributed by atoms with Gasteiger partial charge in [0, 0.05) is 44.9 Å². The van der Waals surface area contributed by atoms with E-state index in [0.29, 0.717) is 12.2 Å². The van der Waals surface area contributed by atoms with Gasteiger partial charge in [0.25, 0.3) is 0 Å². The summed E-state index contributed by atoms with van der Waals surface area (Å²) < 4.78 is 6.46. The molecular formula is C26H29N5O2. The zero-order chi connectivity index (χ0) is 22.5. The molecule has 0 aliphatic carbocycles. The number of hydrogen-bond acceptors (Lipinski definition) is 6. The van der Waals surface area contributed by atoms with E-state index in [1.165, 1.54) is 5.56 Å². The number of amides is 1. The topological polar surface area (TPSA) is 80.2 Å². The van der Waals surface area contributed by atoms with Gasteiger partial charge in [-0.1, -0.05) is 24.3 Å². The highest BCUT2D eigenvalue weighted by Gasteiger charge is 2.39. The van der Waals surface area contributed by atoms with Gasteiger partial charge in [0.15, 0.2) is 5.82 Å². The molecule has 0 atom stereocenters. The minimum absolute atomic E-state index is 0.0458. The zero-order valence-corrected chi connectivity index (χ0v) is 18.7. The van der Waals surface area contributed by atoms with E-state index in [4.69, 9.17) is 4.74 Å². The van der Waals surface area contributed by atoms with E-state index < -0.39 is 0 Å². The lowest BCUT2D eigenvalue weighted by atomic mass is 9.83. The van der Waals surface area contributed by atoms with E-state index in [-0.39, 0.29) is 17.9 Å². The first-order valence-corrected chi connectivity index (χ1v) is 11.7. The molecule has 2 aromatic heterocycles. The molecule has 3 aromatic rings. The van der Waals surface area contributed by atoms with Crippen LogP contribution in [-0.4, -0.2) is 46.3 Å². The lowest BCUT2D eigenvalue weighted by Gasteiger charge is -2.44. The summed E-state index contributed by atoms with van der Waals surface area (Å²) >= 11 is 0. The van der Waals surface area contributed by atoms with Gasteiger partial charge in [-0.25, -0.2) is 0 Å². The number of carbonyl (C=O) groups excluding carboxylic acids is 1. The number of aromatic nitrogens is 3. The third-order valence-electron chi connectivity index (χ3n) is 6.65. The van der Waals surface area contributed by atoms with Crippen LogP contribution >= 0.6 is 0 Å². The number of rotatable bonds is 6. The molecule has 2 aliphatic heterocycles. The first-order valence-electron chi connectivity index (χ1n) is 11.7. The first-order chi connectivity index (χ1) is 16.2. The second kappa shape index (κ2) is 9.57. The van der Waals surface area contributed by atoms with E-state index in [1.807, 2.05) is 36.5 Å². The van der Waals surface area contributed by atoms with Gasteiger partial charge in [-0.2, -0.15) is 5.10 Å². The molecule has 1 amide bonds. The van der Waals surface area contributed by atoms with Crippen molar-refractivity contribution in [1.82, 2.24) is 20.5 Å². The summed E-state index contributed by atoms with van der Waals surface area (Å²) in [5.41, 5.74) is 3.03. The van der Waals surface area contributed by atoms with Gasteiger partial charge < -0.3 is 15.0 Å². The highest BCUT2D eigenvalue weighted by atomic mass is 16.5. The van der Waals surface area contributed by atoms with Gasteiger partial charge in [-0.15, -0.1) is 5.10 Å². The minimum atomic E-state index is -0.0634. The van der Waals surface area contributed by atoms with Crippen molar-refractivity contribution in [1.29, 1.82) is 0 Å². The van der Waals surface area contributed by atoms with Crippen LogP contribution in [0.1, 0.15) is 36.1 Å². The van der Waals surface area contributed by atoms with Crippen LogP contribution in [0.2, 0.25) is 0 Å². The van der Waals surface area contributed by atoms with Crippen LogP contribution in [0.3, 0.4) is 0 Å². The number of pyridine rings is 1. The van der Waals surface area contributed by atoms with Crippen molar-refractivity contribution < 1.29 is 9.53 Å². The van der Waals surface area contributed by atoms with Crippen molar-refractivity contribution in [2.75, 3.05) is 24.5 Å². The van der Waals surface area contributed by atoms with E-state index in [2.05, 4.69) is 43.6 Å². The van der Waals surface area contributed by atoms with Crippen molar-refractivity contribution >= 4 is 11.7 Å². The van der Waals surface area contributed by atoms with E-state index in [9.17, 15) is 4.79 Å². The Balaban J connectivity index is 1.10. The monoisotopic (exact) mass is 443 g/mol. The normalized spacial score (nSPS) is 16.7. The number of hydrogen-bond donors (Lipinski definition) is 1. The highest BCUT2D eigenvalue weighted by Crippen LogP contribution is 2.39. The molecule has 0 radical (unpaired) electrons. The number of carbonyl (C=O) groups is 1. The molecule has 0 saturated carbocycles. The maximum absolute atomic E-state index is 12.2. The Labute approximate surface area is 194 Å². The van der Waals surface area contributed by atoms with Gasteiger partial charge >= 0.3 is 0 Å². The first kappa shape index (κ1) is 21.4. The van der Waals surface area contributed by atoms with Gasteiger partial charge in [0.2, 0.25) is 5.91 Å². The molecule has 33 heavy (non-hydrogen) atoms. The molecule has 1 saturated heterocycles. The average molecular weight is 444 g/mol. The fraction of sp³-hybridized carbons (Fsp3) is 0.385. The largest absolute Gasteiger partial charge is 0.487 e. The number of fused-ring (bicyclic) bond motifs is 1. The molecule has 5 rings (SSSR count). The summed E-state index contributed by atoms with van der Waals surface area (Å²) in [5, 5.41) is 11.6. The van der Waals surface area contributed by atoms with Crippen molar-refractivity contribution in [2.45, 2.75) is 44.1 Å². The van der Waals surface area contributed by atoms with Gasteiger partial charge in [0.05, 0.1) is 12.1 Å². The van der Waals surface area contributed by atoms with Gasteiger partial charge in [-0.3, -0.25) is 9.78 Å². The number of nitrogens with one attached hydrogen (secondary N) is 1. The molecule has 170 valence electrons. The molecule has 0 bridgehead atoms. The molecule has 1 spiro atoms. The Kier molecular flexibility index (Phi) is 6.19. The summed E-state index contributed by atoms with van der Waals surface area (Å²) in [7, 11) is 0. The van der Waals surface area contributed by atoms with E-state index >= 15 is 0 Å². The number of anilines is 1. The third-order valence-corrected chi connectivity index (χ3v) is 6.65. The molecule has 2 aliphatic rings. The summed E-state index contributed by atoms with van der Waals surface area (Å²) in [6.07, 6.45) is 8.65. The number of aryl methyl sites for hydroxylation is 1. The molecule has 4 heterocycles. The Morgan fingerprint density at radius 1 is 1.03 bits per heavy atom. The van der Waals surface area contributed by atoms with Crippen molar-refractivity contribution in [3.05, 3.63) is 77.7 Å². The van der Waals surface area contributed by atoms with Crippen LogP contribution in [0.4, 0.5) is 5.82 Å². The second-order valence-corrected chi connectivity index (χ2v) is 8.90. The predicted octanol–water partition coefficient (Wildman–Crippen LogP) is 3.14. The smallest absolute Gasteiger partial charge is 0.226 e. The van der Waals surface area contributed by atoms with Gasteiger partial charge in [0.1, 0.15) is 11.4 Å². The van der Waals surface area contributed by atoms with Crippen LogP contribution in [0.5, 0.6) is 5.75 Å². The summed E-state index contributed by atoms with van der Waals surface area (Å²) in [6, 6.07) is 16.2.